The smallest absolute Gasteiger partial charge is 0.225 e. The summed E-state index contributed by atoms with van der Waals surface area (Å²) in [7, 11) is -2.84. The molecule has 1 aliphatic heterocycles. The van der Waals surface area contributed by atoms with E-state index in [1.54, 1.807) is 0 Å². The van der Waals surface area contributed by atoms with Crippen LogP contribution in [0.15, 0.2) is 11.0 Å². The fourth-order valence-electron chi connectivity index (χ4n) is 5.44. The molecule has 1 heterocycles. The zero-order chi connectivity index (χ0) is 21.3. The molecule has 3 N–H and O–H groups in total. The van der Waals surface area contributed by atoms with Gasteiger partial charge < -0.3 is 10.1 Å². The highest BCUT2D eigenvalue weighted by Crippen LogP contribution is 2.68. The topological polar surface area (TPSA) is 78.8 Å². The van der Waals surface area contributed by atoms with Crippen molar-refractivity contribution in [2.45, 2.75) is 96.3 Å². The van der Waals surface area contributed by atoms with Crippen LogP contribution in [0.25, 0.3) is 0 Å². The van der Waals surface area contributed by atoms with Gasteiger partial charge in [0.1, 0.15) is 0 Å². The summed E-state index contributed by atoms with van der Waals surface area (Å²) in [4.78, 5) is 13.4. The van der Waals surface area contributed by atoms with E-state index in [4.69, 9.17) is 4.74 Å². The van der Waals surface area contributed by atoms with E-state index in [0.29, 0.717) is 19.1 Å². The molecule has 2 aliphatic carbocycles. The van der Waals surface area contributed by atoms with Crippen molar-refractivity contribution in [3.63, 3.8) is 0 Å². The average molecular weight is 428 g/mol. The molecule has 1 saturated carbocycles. The second-order valence-corrected chi connectivity index (χ2v) is 12.9. The molecule has 3 atom stereocenters. The summed E-state index contributed by atoms with van der Waals surface area (Å²) in [5, 5.41) is 3.25. The first-order valence-corrected chi connectivity index (χ1v) is 13.0. The fourth-order valence-corrected chi connectivity index (χ4v) is 8.16. The monoisotopic (exact) mass is 427 g/mol. The Morgan fingerprint density at radius 1 is 1.21 bits per heavy atom. The maximum absolute atomic E-state index is 12.5. The van der Waals surface area contributed by atoms with Gasteiger partial charge in [-0.1, -0.05) is 33.8 Å². The minimum absolute atomic E-state index is 0.102. The normalized spacial score (nSPS) is 31.7. The molecule has 3 unspecified atom stereocenters. The Labute approximate surface area is 178 Å². The van der Waals surface area contributed by atoms with Crippen molar-refractivity contribution in [1.29, 1.82) is 0 Å². The van der Waals surface area contributed by atoms with Gasteiger partial charge in [-0.3, -0.25) is 13.9 Å². The Kier molecular flexibility index (Phi) is 7.09. The van der Waals surface area contributed by atoms with Gasteiger partial charge >= 0.3 is 0 Å². The average Bonchev–Trinajstić information content (AvgIpc) is 2.69. The first-order chi connectivity index (χ1) is 13.6. The van der Waals surface area contributed by atoms with E-state index < -0.39 is 15.3 Å². The van der Waals surface area contributed by atoms with Gasteiger partial charge in [0.25, 0.3) is 0 Å². The first-order valence-electron chi connectivity index (χ1n) is 11.4. The van der Waals surface area contributed by atoms with Crippen molar-refractivity contribution >= 4 is 16.5 Å². The first kappa shape index (κ1) is 23.1. The molecule has 6 heteroatoms. The quantitative estimate of drug-likeness (QED) is 0.537. The summed E-state index contributed by atoms with van der Waals surface area (Å²) in [5.41, 5.74) is -0.387. The maximum Gasteiger partial charge on any atom is 0.225 e. The maximum atomic E-state index is 12.5. The molecule has 0 aromatic rings. The second kappa shape index (κ2) is 8.89. The van der Waals surface area contributed by atoms with Crippen molar-refractivity contribution in [3.05, 3.63) is 11.0 Å². The van der Waals surface area contributed by atoms with E-state index in [2.05, 4.69) is 18.3 Å². The van der Waals surface area contributed by atoms with Gasteiger partial charge in [0.15, 0.2) is 0 Å². The molecule has 0 aromatic carbocycles. The predicted molar refractivity (Wildman–Crippen MR) is 120 cm³/mol. The second-order valence-electron chi connectivity index (χ2n) is 10.5. The van der Waals surface area contributed by atoms with Crippen molar-refractivity contribution in [2.75, 3.05) is 13.2 Å². The van der Waals surface area contributed by atoms with Crippen LogP contribution in [0.4, 0.5) is 0 Å². The van der Waals surface area contributed by atoms with Gasteiger partial charge in [-0.2, -0.15) is 10.6 Å². The molecule has 0 radical (unpaired) electrons. The number of allylic oxidation sites excluding steroid dienone is 2. The summed E-state index contributed by atoms with van der Waals surface area (Å²) in [6, 6.07) is 0.172. The van der Waals surface area contributed by atoms with Gasteiger partial charge in [0, 0.05) is 29.6 Å². The Bertz CT molecular complexity index is 619. The molecule has 3 aliphatic rings. The van der Waals surface area contributed by atoms with E-state index >= 15 is 0 Å². The fraction of sp³-hybridized carbons (Fsp3) is 0.870. The summed E-state index contributed by atoms with van der Waals surface area (Å²) in [6.45, 7) is 9.27. The van der Waals surface area contributed by atoms with Gasteiger partial charge in [-0.25, -0.2) is 0 Å². The van der Waals surface area contributed by atoms with Crippen molar-refractivity contribution in [2.24, 2.45) is 17.3 Å². The van der Waals surface area contributed by atoms with Gasteiger partial charge in [-0.05, 0) is 69.6 Å². The van der Waals surface area contributed by atoms with E-state index in [-0.39, 0.29) is 23.3 Å². The number of carbonyl (C=O) groups is 1. The molecule has 29 heavy (non-hydrogen) atoms. The Morgan fingerprint density at radius 2 is 1.90 bits per heavy atom. The summed E-state index contributed by atoms with van der Waals surface area (Å²) >= 11 is 0. The number of rotatable bonds is 4. The molecule has 5 nitrogen and oxygen atoms in total. The third-order valence-corrected chi connectivity index (χ3v) is 10.4. The van der Waals surface area contributed by atoms with Gasteiger partial charge in [0.05, 0.1) is 4.75 Å². The Balaban J connectivity index is 1.78. The van der Waals surface area contributed by atoms with E-state index in [9.17, 15) is 13.9 Å². The van der Waals surface area contributed by atoms with Gasteiger partial charge in [-0.15, -0.1) is 0 Å². The van der Waals surface area contributed by atoms with Gasteiger partial charge in [0.2, 0.25) is 5.91 Å². The molecule has 3 rings (SSSR count). The molecular weight excluding hydrogens is 386 g/mol. The minimum Gasteiger partial charge on any atom is -0.381 e. The number of hydrogen-bond acceptors (Lipinski definition) is 4. The lowest BCUT2D eigenvalue weighted by molar-refractivity contribution is -0.130. The number of nitrogens with one attached hydrogen (secondary N) is 1. The number of hydrogen-bond donors (Lipinski definition) is 3. The molecule has 0 spiro atoms. The third kappa shape index (κ3) is 4.70. The van der Waals surface area contributed by atoms with Crippen LogP contribution in [0, 0.1) is 17.3 Å². The van der Waals surface area contributed by atoms with Crippen LogP contribution in [0.2, 0.25) is 0 Å². The largest absolute Gasteiger partial charge is 0.381 e. The summed E-state index contributed by atoms with van der Waals surface area (Å²) in [6.07, 6.45) is 10.3. The molecule has 1 saturated heterocycles. The van der Waals surface area contributed by atoms with Crippen LogP contribution in [-0.2, 0) is 9.53 Å². The minimum atomic E-state index is -2.84. The van der Waals surface area contributed by atoms with E-state index in [1.807, 2.05) is 20.8 Å². The predicted octanol–water partition coefficient (Wildman–Crippen LogP) is 5.71. The summed E-state index contributed by atoms with van der Waals surface area (Å²) < 4.78 is 28.4. The van der Waals surface area contributed by atoms with Crippen LogP contribution in [0.3, 0.4) is 0 Å². The van der Waals surface area contributed by atoms with Crippen molar-refractivity contribution in [1.82, 2.24) is 5.32 Å². The highest BCUT2D eigenvalue weighted by Gasteiger charge is 2.53. The number of carbonyl (C=O) groups excluding carboxylic acids is 1. The third-order valence-electron chi connectivity index (χ3n) is 7.43. The van der Waals surface area contributed by atoms with Crippen LogP contribution in [0.5, 0.6) is 0 Å². The Morgan fingerprint density at radius 3 is 2.45 bits per heavy atom. The van der Waals surface area contributed by atoms with E-state index in [1.165, 1.54) is 0 Å². The van der Waals surface area contributed by atoms with Crippen LogP contribution in [-0.4, -0.2) is 39.0 Å². The van der Waals surface area contributed by atoms with Crippen LogP contribution in [0.1, 0.15) is 85.5 Å². The van der Waals surface area contributed by atoms with Crippen LogP contribution >= 0.6 is 10.6 Å². The van der Waals surface area contributed by atoms with Crippen molar-refractivity contribution < 1.29 is 18.6 Å². The zero-order valence-electron chi connectivity index (χ0n) is 18.7. The number of amides is 1. The Hall–Kier alpha value is -0.560. The van der Waals surface area contributed by atoms with Crippen molar-refractivity contribution in [3.8, 4) is 0 Å². The molecular formula is C23H41NO4S. The number of ether oxygens (including phenoxy) is 1. The van der Waals surface area contributed by atoms with Crippen LogP contribution < -0.4 is 5.32 Å². The molecule has 1 amide bonds. The highest BCUT2D eigenvalue weighted by molar-refractivity contribution is 8.28. The standard InChI is InChI=1S/C23H41NO4S/c1-17-16-18(10-11-20(17)24-21(25)22(2,3)4)23(12-14-28-15-13-23)29(26,27)19-8-6-5-7-9-19/h8,17-18,20,26-27H,5-7,9-16H2,1-4H3,(H,24,25). The molecule has 168 valence electrons. The highest BCUT2D eigenvalue weighted by atomic mass is 32.3. The molecule has 0 aromatic heterocycles. The molecule has 0 bridgehead atoms. The molecule has 2 fully saturated rings. The lowest BCUT2D eigenvalue weighted by Gasteiger charge is -2.59. The lowest BCUT2D eigenvalue weighted by atomic mass is 9.70. The zero-order valence-corrected chi connectivity index (χ0v) is 19.5. The summed E-state index contributed by atoms with van der Waals surface area (Å²) in [5.74, 6) is 0.692. The SMILES string of the molecule is CC1CC(C2(S(O)(O)C3=CCCCC3)CCOCC2)CCC1NC(=O)C(C)(C)C. The lowest BCUT2D eigenvalue weighted by Crippen LogP contribution is -2.53. The van der Waals surface area contributed by atoms with E-state index in [0.717, 1.165) is 62.7 Å².